The number of likely N-dealkylation sites (N-methyl/N-ethyl adjacent to an activating group) is 1. The van der Waals surface area contributed by atoms with Gasteiger partial charge in [0.1, 0.15) is 5.82 Å². The van der Waals surface area contributed by atoms with Crippen molar-refractivity contribution in [1.82, 2.24) is 19.9 Å². The standard InChI is InChI=1S/C19H22N6/c1-15-12-18(25(2)11-7-16-5-9-20-10-6-16)24-19(23-15)22-14-17-4-3-8-21-13-17/h3-6,8-10,12-13H,7,11,14H2,1-2H3,(H,22,23,24). The molecule has 0 amide bonds. The van der Waals surface area contributed by atoms with Gasteiger partial charge in [0.2, 0.25) is 5.95 Å². The lowest BCUT2D eigenvalue weighted by Crippen LogP contribution is -2.22. The highest BCUT2D eigenvalue weighted by molar-refractivity contribution is 5.44. The first-order valence-electron chi connectivity index (χ1n) is 8.29. The third-order valence-corrected chi connectivity index (χ3v) is 3.89. The molecule has 0 spiro atoms. The van der Waals surface area contributed by atoms with Crippen LogP contribution < -0.4 is 10.2 Å². The second-order valence-corrected chi connectivity index (χ2v) is 5.93. The summed E-state index contributed by atoms with van der Waals surface area (Å²) < 4.78 is 0. The monoisotopic (exact) mass is 334 g/mol. The van der Waals surface area contributed by atoms with Gasteiger partial charge >= 0.3 is 0 Å². The van der Waals surface area contributed by atoms with E-state index in [9.17, 15) is 0 Å². The number of rotatable bonds is 7. The van der Waals surface area contributed by atoms with Gasteiger partial charge in [-0.1, -0.05) is 6.07 Å². The van der Waals surface area contributed by atoms with Crippen molar-refractivity contribution in [2.75, 3.05) is 23.8 Å². The fraction of sp³-hybridized carbons (Fsp3) is 0.263. The lowest BCUT2D eigenvalue weighted by atomic mass is 10.2. The van der Waals surface area contributed by atoms with Crippen LogP contribution in [0, 0.1) is 6.92 Å². The lowest BCUT2D eigenvalue weighted by molar-refractivity contribution is 0.850. The van der Waals surface area contributed by atoms with E-state index in [4.69, 9.17) is 0 Å². The number of pyridine rings is 2. The first-order valence-corrected chi connectivity index (χ1v) is 8.29. The molecule has 0 fully saturated rings. The van der Waals surface area contributed by atoms with Crippen LogP contribution in [-0.4, -0.2) is 33.5 Å². The van der Waals surface area contributed by atoms with Crippen LogP contribution in [0.3, 0.4) is 0 Å². The highest BCUT2D eigenvalue weighted by Crippen LogP contribution is 2.15. The Morgan fingerprint density at radius 1 is 1.00 bits per heavy atom. The molecule has 0 aliphatic carbocycles. The Balaban J connectivity index is 1.64. The Hall–Kier alpha value is -3.02. The molecule has 3 aromatic heterocycles. The van der Waals surface area contributed by atoms with Crippen LogP contribution in [-0.2, 0) is 13.0 Å². The zero-order valence-corrected chi connectivity index (χ0v) is 14.6. The number of hydrogen-bond acceptors (Lipinski definition) is 6. The summed E-state index contributed by atoms with van der Waals surface area (Å²) in [4.78, 5) is 19.4. The fourth-order valence-corrected chi connectivity index (χ4v) is 2.47. The summed E-state index contributed by atoms with van der Waals surface area (Å²) in [6.07, 6.45) is 8.20. The Bertz CT molecular complexity index is 792. The molecule has 0 bridgehead atoms. The van der Waals surface area contributed by atoms with Gasteiger partial charge in [-0.3, -0.25) is 9.97 Å². The van der Waals surface area contributed by atoms with E-state index in [2.05, 4.69) is 30.2 Å². The van der Waals surface area contributed by atoms with Crippen LogP contribution in [0.15, 0.2) is 55.1 Å². The average molecular weight is 334 g/mol. The molecule has 3 heterocycles. The third-order valence-electron chi connectivity index (χ3n) is 3.89. The van der Waals surface area contributed by atoms with E-state index in [1.165, 1.54) is 5.56 Å². The molecule has 0 aliphatic heterocycles. The van der Waals surface area contributed by atoms with Gasteiger partial charge in [0, 0.05) is 56.7 Å². The Morgan fingerprint density at radius 2 is 1.84 bits per heavy atom. The molecule has 0 saturated heterocycles. The maximum absolute atomic E-state index is 4.63. The maximum Gasteiger partial charge on any atom is 0.225 e. The largest absolute Gasteiger partial charge is 0.359 e. The fourth-order valence-electron chi connectivity index (χ4n) is 2.47. The summed E-state index contributed by atoms with van der Waals surface area (Å²) in [6.45, 7) is 3.51. The van der Waals surface area contributed by atoms with E-state index < -0.39 is 0 Å². The SMILES string of the molecule is Cc1cc(N(C)CCc2ccncc2)nc(NCc2cccnc2)n1. The molecule has 3 aromatic rings. The highest BCUT2D eigenvalue weighted by Gasteiger charge is 2.07. The van der Waals surface area contributed by atoms with Crippen LogP contribution in [0.4, 0.5) is 11.8 Å². The molecule has 25 heavy (non-hydrogen) atoms. The molecule has 6 nitrogen and oxygen atoms in total. The summed E-state index contributed by atoms with van der Waals surface area (Å²) in [5.41, 5.74) is 3.30. The van der Waals surface area contributed by atoms with Crippen molar-refractivity contribution < 1.29 is 0 Å². The predicted octanol–water partition coefficient (Wildman–Crippen LogP) is 2.87. The van der Waals surface area contributed by atoms with Gasteiger partial charge in [-0.2, -0.15) is 4.98 Å². The van der Waals surface area contributed by atoms with Gasteiger partial charge in [-0.15, -0.1) is 0 Å². The van der Waals surface area contributed by atoms with Crippen LogP contribution in [0.1, 0.15) is 16.8 Å². The molecule has 0 atom stereocenters. The molecule has 3 rings (SSSR count). The average Bonchev–Trinajstić information content (AvgIpc) is 2.66. The summed E-state index contributed by atoms with van der Waals surface area (Å²) >= 11 is 0. The highest BCUT2D eigenvalue weighted by atomic mass is 15.2. The quantitative estimate of drug-likeness (QED) is 0.717. The van der Waals surface area contributed by atoms with E-state index >= 15 is 0 Å². The number of hydrogen-bond donors (Lipinski definition) is 1. The molecule has 1 N–H and O–H groups in total. The molecule has 0 unspecified atom stereocenters. The smallest absolute Gasteiger partial charge is 0.225 e. The molecule has 0 aromatic carbocycles. The molecular weight excluding hydrogens is 312 g/mol. The van der Waals surface area contributed by atoms with Gasteiger partial charge in [0.25, 0.3) is 0 Å². The normalized spacial score (nSPS) is 10.5. The van der Waals surface area contributed by atoms with Crippen molar-refractivity contribution in [2.24, 2.45) is 0 Å². The van der Waals surface area contributed by atoms with Crippen molar-refractivity contribution in [3.63, 3.8) is 0 Å². The zero-order chi connectivity index (χ0) is 17.5. The molecule has 128 valence electrons. The Labute approximate surface area is 148 Å². The first-order chi connectivity index (χ1) is 12.2. The van der Waals surface area contributed by atoms with Gasteiger partial charge in [-0.05, 0) is 42.7 Å². The van der Waals surface area contributed by atoms with E-state index in [0.717, 1.165) is 30.0 Å². The summed E-state index contributed by atoms with van der Waals surface area (Å²) in [7, 11) is 2.05. The summed E-state index contributed by atoms with van der Waals surface area (Å²) in [5, 5.41) is 3.27. The molecule has 0 aliphatic rings. The molecule has 0 saturated carbocycles. The number of anilines is 2. The van der Waals surface area contributed by atoms with Gasteiger partial charge < -0.3 is 10.2 Å². The number of nitrogens with zero attached hydrogens (tertiary/aromatic N) is 5. The maximum atomic E-state index is 4.63. The lowest BCUT2D eigenvalue weighted by Gasteiger charge is -2.19. The minimum Gasteiger partial charge on any atom is -0.359 e. The van der Waals surface area contributed by atoms with E-state index in [0.29, 0.717) is 12.5 Å². The van der Waals surface area contributed by atoms with Crippen molar-refractivity contribution in [3.05, 3.63) is 71.9 Å². The van der Waals surface area contributed by atoms with Crippen molar-refractivity contribution in [1.29, 1.82) is 0 Å². The summed E-state index contributed by atoms with van der Waals surface area (Å²) in [5.74, 6) is 1.55. The number of nitrogens with one attached hydrogen (secondary N) is 1. The van der Waals surface area contributed by atoms with Crippen molar-refractivity contribution >= 4 is 11.8 Å². The second-order valence-electron chi connectivity index (χ2n) is 5.93. The van der Waals surface area contributed by atoms with Crippen LogP contribution in [0.2, 0.25) is 0 Å². The zero-order valence-electron chi connectivity index (χ0n) is 14.6. The van der Waals surface area contributed by atoms with Gasteiger partial charge in [0.05, 0.1) is 0 Å². The molecule has 6 heteroatoms. The van der Waals surface area contributed by atoms with Crippen LogP contribution >= 0.6 is 0 Å². The van der Waals surface area contributed by atoms with Crippen LogP contribution in [0.25, 0.3) is 0 Å². The Kier molecular flexibility index (Phi) is 5.51. The predicted molar refractivity (Wildman–Crippen MR) is 99.5 cm³/mol. The second kappa shape index (κ2) is 8.19. The first kappa shape index (κ1) is 16.8. The van der Waals surface area contributed by atoms with Gasteiger partial charge in [0.15, 0.2) is 0 Å². The van der Waals surface area contributed by atoms with Crippen LogP contribution in [0.5, 0.6) is 0 Å². The Morgan fingerprint density at radius 3 is 2.60 bits per heavy atom. The number of aryl methyl sites for hydroxylation is 1. The number of aromatic nitrogens is 4. The van der Waals surface area contributed by atoms with E-state index in [1.807, 2.05) is 62.9 Å². The van der Waals surface area contributed by atoms with E-state index in [-0.39, 0.29) is 0 Å². The van der Waals surface area contributed by atoms with Gasteiger partial charge in [-0.25, -0.2) is 4.98 Å². The summed E-state index contributed by atoms with van der Waals surface area (Å²) in [6, 6.07) is 10.0. The van der Waals surface area contributed by atoms with E-state index in [1.54, 1.807) is 6.20 Å². The molecular formula is C19H22N6. The minimum atomic E-state index is 0.634. The van der Waals surface area contributed by atoms with Crippen molar-refractivity contribution in [3.8, 4) is 0 Å². The third kappa shape index (κ3) is 4.97. The topological polar surface area (TPSA) is 66.8 Å². The molecule has 0 radical (unpaired) electrons. The minimum absolute atomic E-state index is 0.634. The van der Waals surface area contributed by atoms with Crippen molar-refractivity contribution in [2.45, 2.75) is 19.9 Å².